The van der Waals surface area contributed by atoms with Crippen molar-refractivity contribution in [3.63, 3.8) is 0 Å². The maximum absolute atomic E-state index is 12.6. The van der Waals surface area contributed by atoms with Gasteiger partial charge in [0.2, 0.25) is 5.91 Å². The summed E-state index contributed by atoms with van der Waals surface area (Å²) in [7, 11) is 0. The van der Waals surface area contributed by atoms with Gasteiger partial charge in [-0.05, 0) is 55.8 Å². The predicted molar refractivity (Wildman–Crippen MR) is 127 cm³/mol. The summed E-state index contributed by atoms with van der Waals surface area (Å²) in [5.74, 6) is 0.223. The van der Waals surface area contributed by atoms with Crippen LogP contribution in [0, 0.1) is 13.8 Å². The van der Waals surface area contributed by atoms with E-state index >= 15 is 0 Å². The number of hydrogen-bond donors (Lipinski definition) is 2. The van der Waals surface area contributed by atoms with Crippen molar-refractivity contribution in [2.45, 2.75) is 20.8 Å². The molecule has 0 aliphatic rings. The fourth-order valence-corrected chi connectivity index (χ4v) is 3.54. The highest BCUT2D eigenvalue weighted by molar-refractivity contribution is 6.04. The van der Waals surface area contributed by atoms with Crippen molar-refractivity contribution in [3.05, 3.63) is 95.7 Å². The molecular weight excluding hydrogens is 400 g/mol. The van der Waals surface area contributed by atoms with Crippen LogP contribution >= 0.6 is 0 Å². The second-order valence-corrected chi connectivity index (χ2v) is 7.64. The summed E-state index contributed by atoms with van der Waals surface area (Å²) >= 11 is 0. The molecule has 0 unspecified atom stereocenters. The minimum atomic E-state index is -0.193. The zero-order valence-corrected chi connectivity index (χ0v) is 18.2. The van der Waals surface area contributed by atoms with Crippen LogP contribution in [0.15, 0.2) is 78.9 Å². The molecule has 4 aromatic rings. The van der Waals surface area contributed by atoms with Gasteiger partial charge >= 0.3 is 0 Å². The number of nitrogens with zero attached hydrogens (tertiary/aromatic N) is 2. The van der Waals surface area contributed by atoms with Crippen molar-refractivity contribution in [2.24, 2.45) is 0 Å². The third-order valence-corrected chi connectivity index (χ3v) is 5.10. The Balaban J connectivity index is 1.68. The van der Waals surface area contributed by atoms with Crippen LogP contribution < -0.4 is 10.6 Å². The summed E-state index contributed by atoms with van der Waals surface area (Å²) in [6.07, 6.45) is 0. The SMILES string of the molecule is CC(=O)Nc1c(-c2ccc(C)cc2)c(C)nn1-c1ccc(C(=O)Nc2ccccc2)cc1. The second kappa shape index (κ2) is 8.89. The Kier molecular flexibility index (Phi) is 5.85. The minimum absolute atomic E-state index is 0.182. The van der Waals surface area contributed by atoms with Gasteiger partial charge in [-0.1, -0.05) is 48.0 Å². The van der Waals surface area contributed by atoms with Gasteiger partial charge in [0, 0.05) is 23.7 Å². The summed E-state index contributed by atoms with van der Waals surface area (Å²) in [4.78, 5) is 24.5. The maximum Gasteiger partial charge on any atom is 0.255 e. The summed E-state index contributed by atoms with van der Waals surface area (Å²) in [5.41, 5.74) is 5.80. The van der Waals surface area contributed by atoms with Gasteiger partial charge in [-0.15, -0.1) is 0 Å². The lowest BCUT2D eigenvalue weighted by Gasteiger charge is -2.11. The molecule has 0 spiro atoms. The van der Waals surface area contributed by atoms with Gasteiger partial charge in [0.1, 0.15) is 5.82 Å². The Labute approximate surface area is 186 Å². The van der Waals surface area contributed by atoms with Crippen LogP contribution in [-0.4, -0.2) is 21.6 Å². The van der Waals surface area contributed by atoms with E-state index in [0.717, 1.165) is 33.8 Å². The van der Waals surface area contributed by atoms with Crippen molar-refractivity contribution in [3.8, 4) is 16.8 Å². The van der Waals surface area contributed by atoms with Crippen LogP contribution in [0.25, 0.3) is 16.8 Å². The lowest BCUT2D eigenvalue weighted by Crippen LogP contribution is -2.13. The smallest absolute Gasteiger partial charge is 0.255 e. The number of carbonyl (C=O) groups is 2. The number of carbonyl (C=O) groups excluding carboxylic acids is 2. The van der Waals surface area contributed by atoms with Crippen molar-refractivity contribution in [1.29, 1.82) is 0 Å². The maximum atomic E-state index is 12.6. The molecule has 1 aromatic heterocycles. The van der Waals surface area contributed by atoms with Crippen molar-refractivity contribution in [1.82, 2.24) is 9.78 Å². The molecule has 160 valence electrons. The third kappa shape index (κ3) is 4.44. The fraction of sp³-hybridized carbons (Fsp3) is 0.115. The number of amides is 2. The molecule has 0 radical (unpaired) electrons. The molecule has 3 aromatic carbocycles. The number of aromatic nitrogens is 2. The molecule has 0 saturated heterocycles. The van der Waals surface area contributed by atoms with Crippen LogP contribution in [0.5, 0.6) is 0 Å². The molecule has 6 nitrogen and oxygen atoms in total. The molecule has 0 saturated carbocycles. The molecule has 0 atom stereocenters. The second-order valence-electron chi connectivity index (χ2n) is 7.64. The van der Waals surface area contributed by atoms with Crippen LogP contribution in [0.2, 0.25) is 0 Å². The lowest BCUT2D eigenvalue weighted by molar-refractivity contribution is -0.114. The predicted octanol–water partition coefficient (Wildman–Crippen LogP) is 5.37. The Morgan fingerprint density at radius 2 is 1.47 bits per heavy atom. The number of hydrogen-bond acceptors (Lipinski definition) is 3. The number of rotatable bonds is 5. The number of benzene rings is 3. The highest BCUT2D eigenvalue weighted by atomic mass is 16.2. The van der Waals surface area contributed by atoms with Crippen LogP contribution in [-0.2, 0) is 4.79 Å². The van der Waals surface area contributed by atoms with Gasteiger partial charge in [-0.2, -0.15) is 5.10 Å². The van der Waals surface area contributed by atoms with E-state index in [1.54, 1.807) is 16.8 Å². The van der Waals surface area contributed by atoms with E-state index in [0.29, 0.717) is 11.4 Å². The largest absolute Gasteiger partial charge is 0.322 e. The molecule has 32 heavy (non-hydrogen) atoms. The summed E-state index contributed by atoms with van der Waals surface area (Å²) in [6.45, 7) is 5.42. The van der Waals surface area contributed by atoms with Crippen molar-refractivity contribution < 1.29 is 9.59 Å². The van der Waals surface area contributed by atoms with Gasteiger partial charge in [-0.25, -0.2) is 4.68 Å². The third-order valence-electron chi connectivity index (χ3n) is 5.10. The van der Waals surface area contributed by atoms with Crippen molar-refractivity contribution in [2.75, 3.05) is 10.6 Å². The first kappa shape index (κ1) is 21.1. The molecule has 4 rings (SSSR count). The topological polar surface area (TPSA) is 76.0 Å². The Bertz CT molecular complexity index is 1260. The highest BCUT2D eigenvalue weighted by Crippen LogP contribution is 2.33. The number of nitrogens with one attached hydrogen (secondary N) is 2. The van der Waals surface area contributed by atoms with Gasteiger partial charge < -0.3 is 10.6 Å². The molecule has 6 heteroatoms. The molecule has 0 aliphatic heterocycles. The van der Waals surface area contributed by atoms with Gasteiger partial charge in [-0.3, -0.25) is 9.59 Å². The fourth-order valence-electron chi connectivity index (χ4n) is 3.54. The first-order valence-corrected chi connectivity index (χ1v) is 10.3. The summed E-state index contributed by atoms with van der Waals surface area (Å²) in [5, 5.41) is 10.5. The minimum Gasteiger partial charge on any atom is -0.322 e. The van der Waals surface area contributed by atoms with E-state index in [1.165, 1.54) is 6.92 Å². The molecular formula is C26H24N4O2. The Morgan fingerprint density at radius 1 is 0.812 bits per heavy atom. The van der Waals surface area contributed by atoms with Gasteiger partial charge in [0.05, 0.1) is 11.4 Å². The molecule has 1 heterocycles. The molecule has 2 N–H and O–H groups in total. The summed E-state index contributed by atoms with van der Waals surface area (Å²) in [6, 6.07) is 24.5. The normalized spacial score (nSPS) is 10.6. The molecule has 2 amide bonds. The number of anilines is 2. The molecule has 0 aliphatic carbocycles. The first-order valence-electron chi connectivity index (χ1n) is 10.3. The Hall–Kier alpha value is -4.19. The van der Waals surface area contributed by atoms with Crippen LogP contribution in [0.4, 0.5) is 11.5 Å². The lowest BCUT2D eigenvalue weighted by atomic mass is 10.0. The van der Waals surface area contributed by atoms with Crippen LogP contribution in [0.1, 0.15) is 28.5 Å². The van der Waals surface area contributed by atoms with E-state index in [2.05, 4.69) is 15.7 Å². The number of para-hydroxylation sites is 1. The monoisotopic (exact) mass is 424 g/mol. The highest BCUT2D eigenvalue weighted by Gasteiger charge is 2.19. The quantitative estimate of drug-likeness (QED) is 0.452. The van der Waals surface area contributed by atoms with E-state index in [1.807, 2.05) is 80.6 Å². The summed E-state index contributed by atoms with van der Waals surface area (Å²) < 4.78 is 1.70. The van der Waals surface area contributed by atoms with Gasteiger partial charge in [0.25, 0.3) is 5.91 Å². The van der Waals surface area contributed by atoms with E-state index in [9.17, 15) is 9.59 Å². The average molecular weight is 425 g/mol. The zero-order chi connectivity index (χ0) is 22.7. The van der Waals surface area contributed by atoms with Gasteiger partial charge in [0.15, 0.2) is 0 Å². The number of aryl methyl sites for hydroxylation is 2. The first-order chi connectivity index (χ1) is 15.4. The van der Waals surface area contributed by atoms with E-state index in [4.69, 9.17) is 0 Å². The molecule has 0 fully saturated rings. The average Bonchev–Trinajstić information content (AvgIpc) is 3.10. The van der Waals surface area contributed by atoms with E-state index < -0.39 is 0 Å². The van der Waals surface area contributed by atoms with Crippen LogP contribution in [0.3, 0.4) is 0 Å². The Morgan fingerprint density at radius 3 is 2.09 bits per heavy atom. The van der Waals surface area contributed by atoms with Crippen molar-refractivity contribution >= 4 is 23.3 Å². The zero-order valence-electron chi connectivity index (χ0n) is 18.2. The standard InChI is InChI=1S/C26H24N4O2/c1-17-9-11-20(12-10-17)24-18(2)29-30(25(24)27-19(3)31)23-15-13-21(14-16-23)26(32)28-22-7-5-4-6-8-22/h4-16H,1-3H3,(H,27,31)(H,28,32). The van der Waals surface area contributed by atoms with E-state index in [-0.39, 0.29) is 11.8 Å². The molecule has 0 bridgehead atoms.